The number of halogens is 1. The highest BCUT2D eigenvalue weighted by Crippen LogP contribution is 2.27. The minimum atomic E-state index is -0.124. The highest BCUT2D eigenvalue weighted by Gasteiger charge is 2.16. The van der Waals surface area contributed by atoms with E-state index in [4.69, 9.17) is 0 Å². The molecule has 2 aromatic rings. The fourth-order valence-electron chi connectivity index (χ4n) is 3.19. The number of fused-ring (bicyclic) bond motifs is 1. The molecule has 0 bridgehead atoms. The molecule has 1 aromatic heterocycles. The van der Waals surface area contributed by atoms with Gasteiger partial charge in [-0.05, 0) is 25.0 Å². The van der Waals surface area contributed by atoms with E-state index < -0.39 is 0 Å². The molecule has 20 heavy (non-hydrogen) atoms. The number of hydrogen-bond acceptors (Lipinski definition) is 2. The number of para-hydroxylation sites is 1. The Bertz CT molecular complexity index is 612. The van der Waals surface area contributed by atoms with Gasteiger partial charge in [0.25, 0.3) is 0 Å². The average molecular weight is 275 g/mol. The third-order valence-corrected chi connectivity index (χ3v) is 4.47. The predicted molar refractivity (Wildman–Crippen MR) is 80.6 cm³/mol. The number of aromatic nitrogens is 1. The van der Waals surface area contributed by atoms with Crippen LogP contribution < -0.4 is 5.32 Å². The van der Waals surface area contributed by atoms with Gasteiger partial charge in [0.1, 0.15) is 5.82 Å². The van der Waals surface area contributed by atoms with Crippen molar-refractivity contribution in [1.82, 2.24) is 14.8 Å². The van der Waals surface area contributed by atoms with Crippen LogP contribution in [0.5, 0.6) is 0 Å². The maximum absolute atomic E-state index is 14.0. The third kappa shape index (κ3) is 2.34. The highest BCUT2D eigenvalue weighted by atomic mass is 19.1. The Kier molecular flexibility index (Phi) is 3.76. The summed E-state index contributed by atoms with van der Waals surface area (Å²) in [4.78, 5) is 2.48. The quantitative estimate of drug-likeness (QED) is 0.925. The molecule has 1 aromatic carbocycles. The molecular formula is C16H22FN3. The number of rotatable bonds is 3. The van der Waals surface area contributed by atoms with Gasteiger partial charge in [-0.15, -0.1) is 0 Å². The summed E-state index contributed by atoms with van der Waals surface area (Å²) >= 11 is 0. The Morgan fingerprint density at radius 3 is 2.75 bits per heavy atom. The first-order valence-corrected chi connectivity index (χ1v) is 7.34. The number of aryl methyl sites for hydroxylation is 1. The van der Waals surface area contributed by atoms with E-state index in [9.17, 15) is 4.39 Å². The van der Waals surface area contributed by atoms with Crippen LogP contribution in [0.25, 0.3) is 10.9 Å². The Balaban J connectivity index is 1.87. The number of benzene rings is 1. The van der Waals surface area contributed by atoms with Gasteiger partial charge in [-0.1, -0.05) is 12.1 Å². The van der Waals surface area contributed by atoms with Gasteiger partial charge in [0.05, 0.1) is 5.52 Å². The van der Waals surface area contributed by atoms with Crippen LogP contribution in [-0.2, 0) is 13.5 Å². The standard InChI is InChI=1S/C16H22FN3/c1-12-13(6-9-20-10-7-18-8-11-20)14-4-3-5-15(17)16(14)19(12)2/h3-5,18H,6-11H2,1-2H3. The smallest absolute Gasteiger partial charge is 0.147 e. The van der Waals surface area contributed by atoms with Crippen LogP contribution >= 0.6 is 0 Å². The zero-order valence-corrected chi connectivity index (χ0v) is 12.2. The normalized spacial score (nSPS) is 16.9. The molecule has 1 aliphatic heterocycles. The molecular weight excluding hydrogens is 253 g/mol. The Morgan fingerprint density at radius 2 is 2.00 bits per heavy atom. The molecule has 2 heterocycles. The lowest BCUT2D eigenvalue weighted by molar-refractivity contribution is 0.244. The lowest BCUT2D eigenvalue weighted by Gasteiger charge is -2.27. The molecule has 1 aliphatic rings. The van der Waals surface area contributed by atoms with Crippen molar-refractivity contribution in [2.45, 2.75) is 13.3 Å². The molecule has 0 radical (unpaired) electrons. The van der Waals surface area contributed by atoms with Crippen molar-refractivity contribution >= 4 is 10.9 Å². The van der Waals surface area contributed by atoms with Gasteiger partial charge in [0, 0.05) is 50.9 Å². The number of nitrogens with zero attached hydrogens (tertiary/aromatic N) is 2. The molecule has 0 spiro atoms. The molecule has 1 fully saturated rings. The minimum absolute atomic E-state index is 0.124. The zero-order valence-electron chi connectivity index (χ0n) is 12.2. The Labute approximate surface area is 119 Å². The van der Waals surface area contributed by atoms with Crippen molar-refractivity contribution in [3.05, 3.63) is 35.3 Å². The van der Waals surface area contributed by atoms with Crippen molar-refractivity contribution in [3.63, 3.8) is 0 Å². The summed E-state index contributed by atoms with van der Waals surface area (Å²) in [7, 11) is 1.95. The van der Waals surface area contributed by atoms with E-state index in [1.165, 1.54) is 11.3 Å². The van der Waals surface area contributed by atoms with Crippen LogP contribution in [0.15, 0.2) is 18.2 Å². The zero-order chi connectivity index (χ0) is 14.1. The summed E-state index contributed by atoms with van der Waals surface area (Å²) in [5, 5.41) is 4.44. The lowest BCUT2D eigenvalue weighted by Crippen LogP contribution is -2.44. The molecule has 3 nitrogen and oxygen atoms in total. The largest absolute Gasteiger partial charge is 0.345 e. The van der Waals surface area contributed by atoms with E-state index in [0.717, 1.165) is 50.0 Å². The van der Waals surface area contributed by atoms with Crippen molar-refractivity contribution in [3.8, 4) is 0 Å². The molecule has 1 N–H and O–H groups in total. The number of piperazine rings is 1. The van der Waals surface area contributed by atoms with Gasteiger partial charge >= 0.3 is 0 Å². The van der Waals surface area contributed by atoms with E-state index >= 15 is 0 Å². The van der Waals surface area contributed by atoms with Crippen molar-refractivity contribution < 1.29 is 4.39 Å². The summed E-state index contributed by atoms with van der Waals surface area (Å²) in [6.07, 6.45) is 0.993. The average Bonchev–Trinajstić information content (AvgIpc) is 2.71. The minimum Gasteiger partial charge on any atom is -0.345 e. The fraction of sp³-hybridized carbons (Fsp3) is 0.500. The summed E-state index contributed by atoms with van der Waals surface area (Å²) < 4.78 is 16.0. The van der Waals surface area contributed by atoms with Crippen LogP contribution in [0.1, 0.15) is 11.3 Å². The maximum Gasteiger partial charge on any atom is 0.147 e. The molecule has 0 unspecified atom stereocenters. The Hall–Kier alpha value is -1.39. The monoisotopic (exact) mass is 275 g/mol. The number of hydrogen-bond donors (Lipinski definition) is 1. The van der Waals surface area contributed by atoms with Crippen molar-refractivity contribution in [2.75, 3.05) is 32.7 Å². The topological polar surface area (TPSA) is 20.2 Å². The van der Waals surface area contributed by atoms with E-state index in [2.05, 4.69) is 17.1 Å². The van der Waals surface area contributed by atoms with Gasteiger partial charge in [-0.2, -0.15) is 0 Å². The summed E-state index contributed by atoms with van der Waals surface area (Å²) in [5.74, 6) is -0.124. The van der Waals surface area contributed by atoms with E-state index in [1.807, 2.05) is 23.7 Å². The number of nitrogens with one attached hydrogen (secondary N) is 1. The molecule has 0 atom stereocenters. The molecule has 0 saturated carbocycles. The fourth-order valence-corrected chi connectivity index (χ4v) is 3.19. The van der Waals surface area contributed by atoms with E-state index in [-0.39, 0.29) is 5.82 Å². The maximum atomic E-state index is 14.0. The second-order valence-electron chi connectivity index (χ2n) is 5.60. The van der Waals surface area contributed by atoms with Gasteiger partial charge in [0.15, 0.2) is 0 Å². The SMILES string of the molecule is Cc1c(CCN2CCNCC2)c2cccc(F)c2n1C. The van der Waals surface area contributed by atoms with Crippen molar-refractivity contribution in [1.29, 1.82) is 0 Å². The van der Waals surface area contributed by atoms with Crippen LogP contribution in [0.4, 0.5) is 4.39 Å². The second-order valence-corrected chi connectivity index (χ2v) is 5.60. The molecule has 0 aliphatic carbocycles. The van der Waals surface area contributed by atoms with Crippen LogP contribution in [0.3, 0.4) is 0 Å². The van der Waals surface area contributed by atoms with Crippen molar-refractivity contribution in [2.24, 2.45) is 7.05 Å². The summed E-state index contributed by atoms with van der Waals surface area (Å²) in [6, 6.07) is 5.39. The second kappa shape index (κ2) is 5.54. The highest BCUT2D eigenvalue weighted by molar-refractivity contribution is 5.86. The van der Waals surface area contributed by atoms with E-state index in [0.29, 0.717) is 0 Å². The molecule has 108 valence electrons. The van der Waals surface area contributed by atoms with Gasteiger partial charge in [0.2, 0.25) is 0 Å². The first-order chi connectivity index (χ1) is 9.68. The molecule has 3 rings (SSSR count). The van der Waals surface area contributed by atoms with Crippen LogP contribution in [-0.4, -0.2) is 42.2 Å². The molecule has 1 saturated heterocycles. The van der Waals surface area contributed by atoms with Gasteiger partial charge in [-0.25, -0.2) is 4.39 Å². The first kappa shape index (κ1) is 13.6. The van der Waals surface area contributed by atoms with Gasteiger partial charge in [-0.3, -0.25) is 0 Å². The van der Waals surface area contributed by atoms with Gasteiger partial charge < -0.3 is 14.8 Å². The lowest BCUT2D eigenvalue weighted by atomic mass is 10.1. The predicted octanol–water partition coefficient (Wildman–Crippen LogP) is 2.07. The van der Waals surface area contributed by atoms with Crippen LogP contribution in [0.2, 0.25) is 0 Å². The Morgan fingerprint density at radius 1 is 1.25 bits per heavy atom. The van der Waals surface area contributed by atoms with E-state index in [1.54, 1.807) is 6.07 Å². The summed E-state index contributed by atoms with van der Waals surface area (Å²) in [5.41, 5.74) is 3.21. The van der Waals surface area contributed by atoms with Crippen LogP contribution in [0, 0.1) is 12.7 Å². The molecule has 0 amide bonds. The molecule has 4 heteroatoms. The first-order valence-electron chi connectivity index (χ1n) is 7.34. The third-order valence-electron chi connectivity index (χ3n) is 4.47. The summed E-state index contributed by atoms with van der Waals surface area (Å²) in [6.45, 7) is 7.51.